The summed E-state index contributed by atoms with van der Waals surface area (Å²) in [5.74, 6) is 0. The van der Waals surface area contributed by atoms with Gasteiger partial charge in [-0.1, -0.05) is 46.8 Å². The Kier molecular flexibility index (Phi) is 4.29. The Morgan fingerprint density at radius 1 is 1.13 bits per heavy atom. The summed E-state index contributed by atoms with van der Waals surface area (Å²) < 4.78 is 5.61. The van der Waals surface area contributed by atoms with Crippen molar-refractivity contribution in [1.82, 2.24) is 0 Å². The number of benzene rings is 1. The van der Waals surface area contributed by atoms with Crippen LogP contribution in [-0.2, 0) is 15.6 Å². The minimum Gasteiger partial charge on any atom is -0.443 e. The lowest BCUT2D eigenvalue weighted by molar-refractivity contribution is 0.0574. The number of rotatable bonds is 0. The fourth-order valence-corrected chi connectivity index (χ4v) is 2.95. The molecule has 1 aromatic rings. The Morgan fingerprint density at radius 2 is 1.74 bits per heavy atom. The summed E-state index contributed by atoms with van der Waals surface area (Å²) in [6.45, 7) is 17.5. The second-order valence-corrected chi connectivity index (χ2v) is 9.25. The van der Waals surface area contributed by atoms with Crippen LogP contribution in [0.25, 0.3) is 0 Å². The molecule has 0 saturated carbocycles. The Balaban J connectivity index is 2.49. The SMILES string of the molecule is CC(C)(C)OC(=O)N1CCC(C)(C)c2ccc(C(C)(C)C)cc21. The van der Waals surface area contributed by atoms with Crippen LogP contribution in [0.4, 0.5) is 10.5 Å². The Hall–Kier alpha value is -1.51. The van der Waals surface area contributed by atoms with Crippen molar-refractivity contribution in [3.05, 3.63) is 29.3 Å². The first-order valence-corrected chi connectivity index (χ1v) is 8.47. The van der Waals surface area contributed by atoms with E-state index >= 15 is 0 Å². The third-order valence-electron chi connectivity index (χ3n) is 4.46. The number of hydrogen-bond donors (Lipinski definition) is 0. The summed E-state index contributed by atoms with van der Waals surface area (Å²) in [7, 11) is 0. The van der Waals surface area contributed by atoms with Crippen LogP contribution in [0, 0.1) is 0 Å². The molecule has 0 atom stereocenters. The maximum Gasteiger partial charge on any atom is 0.414 e. The van der Waals surface area contributed by atoms with Gasteiger partial charge in [-0.3, -0.25) is 4.90 Å². The van der Waals surface area contributed by atoms with Crippen LogP contribution >= 0.6 is 0 Å². The van der Waals surface area contributed by atoms with Crippen molar-refractivity contribution in [3.63, 3.8) is 0 Å². The molecule has 0 aromatic heterocycles. The molecular weight excluding hydrogens is 286 g/mol. The number of hydrogen-bond acceptors (Lipinski definition) is 2. The van der Waals surface area contributed by atoms with Gasteiger partial charge in [0.25, 0.3) is 0 Å². The van der Waals surface area contributed by atoms with E-state index in [1.807, 2.05) is 20.8 Å². The monoisotopic (exact) mass is 317 g/mol. The van der Waals surface area contributed by atoms with Crippen LogP contribution in [-0.4, -0.2) is 18.2 Å². The van der Waals surface area contributed by atoms with Crippen LogP contribution in [0.2, 0.25) is 0 Å². The van der Waals surface area contributed by atoms with E-state index < -0.39 is 5.60 Å². The van der Waals surface area contributed by atoms with Gasteiger partial charge in [0, 0.05) is 6.54 Å². The standard InChI is InChI=1S/C20H31NO2/c1-18(2,3)14-9-10-15-16(13-14)21(12-11-20(15,7)8)17(22)23-19(4,5)6/h9-10,13H,11-12H2,1-8H3. The lowest BCUT2D eigenvalue weighted by atomic mass is 9.75. The summed E-state index contributed by atoms with van der Waals surface area (Å²) >= 11 is 0. The molecule has 0 spiro atoms. The van der Waals surface area contributed by atoms with Crippen molar-refractivity contribution in [1.29, 1.82) is 0 Å². The van der Waals surface area contributed by atoms with Crippen LogP contribution in [0.3, 0.4) is 0 Å². The number of carbonyl (C=O) groups excluding carboxylic acids is 1. The van der Waals surface area contributed by atoms with Crippen molar-refractivity contribution < 1.29 is 9.53 Å². The topological polar surface area (TPSA) is 29.5 Å². The molecule has 0 bridgehead atoms. The lowest BCUT2D eigenvalue weighted by Gasteiger charge is -2.40. The molecule has 0 unspecified atom stereocenters. The predicted molar refractivity (Wildman–Crippen MR) is 96.4 cm³/mol. The van der Waals surface area contributed by atoms with Crippen molar-refractivity contribution in [2.45, 2.75) is 78.2 Å². The van der Waals surface area contributed by atoms with Gasteiger partial charge in [-0.2, -0.15) is 0 Å². The maximum atomic E-state index is 12.7. The highest BCUT2D eigenvalue weighted by Crippen LogP contribution is 2.42. The molecular formula is C20H31NO2. The van der Waals surface area contributed by atoms with E-state index in [0.29, 0.717) is 6.54 Å². The predicted octanol–water partition coefficient (Wildman–Crippen LogP) is 5.41. The Bertz CT molecular complexity index is 603. The highest BCUT2D eigenvalue weighted by Gasteiger charge is 2.36. The molecule has 1 aromatic carbocycles. The molecule has 2 rings (SSSR count). The van der Waals surface area contributed by atoms with E-state index in [0.717, 1.165) is 12.1 Å². The molecule has 1 heterocycles. The number of amides is 1. The number of fused-ring (bicyclic) bond motifs is 1. The zero-order valence-electron chi connectivity index (χ0n) is 15.9. The molecule has 1 amide bonds. The van der Waals surface area contributed by atoms with Crippen molar-refractivity contribution in [2.75, 3.05) is 11.4 Å². The zero-order chi connectivity index (χ0) is 17.6. The summed E-state index contributed by atoms with van der Waals surface area (Å²) in [4.78, 5) is 14.5. The first-order valence-electron chi connectivity index (χ1n) is 8.47. The van der Waals surface area contributed by atoms with Gasteiger partial charge in [-0.25, -0.2) is 4.79 Å². The van der Waals surface area contributed by atoms with E-state index in [4.69, 9.17) is 4.74 Å². The van der Waals surface area contributed by atoms with Crippen LogP contribution in [0.1, 0.15) is 72.9 Å². The minimum atomic E-state index is -0.480. The molecule has 0 radical (unpaired) electrons. The van der Waals surface area contributed by atoms with Gasteiger partial charge in [-0.05, 0) is 55.2 Å². The minimum absolute atomic E-state index is 0.0518. The summed E-state index contributed by atoms with van der Waals surface area (Å²) in [5.41, 5.74) is 3.11. The third kappa shape index (κ3) is 3.88. The number of ether oxygens (including phenoxy) is 1. The van der Waals surface area contributed by atoms with Gasteiger partial charge in [0.15, 0.2) is 0 Å². The molecule has 0 N–H and O–H groups in total. The molecule has 1 aliphatic heterocycles. The van der Waals surface area contributed by atoms with Gasteiger partial charge >= 0.3 is 6.09 Å². The maximum absolute atomic E-state index is 12.7. The first kappa shape index (κ1) is 17.8. The fraction of sp³-hybridized carbons (Fsp3) is 0.650. The van der Waals surface area contributed by atoms with E-state index in [2.05, 4.69) is 52.8 Å². The summed E-state index contributed by atoms with van der Waals surface area (Å²) in [5, 5.41) is 0. The average molecular weight is 317 g/mol. The van der Waals surface area contributed by atoms with E-state index in [9.17, 15) is 4.79 Å². The van der Waals surface area contributed by atoms with E-state index in [1.165, 1.54) is 11.1 Å². The van der Waals surface area contributed by atoms with Crippen molar-refractivity contribution in [3.8, 4) is 0 Å². The smallest absolute Gasteiger partial charge is 0.414 e. The largest absolute Gasteiger partial charge is 0.443 e. The van der Waals surface area contributed by atoms with Gasteiger partial charge in [0.05, 0.1) is 5.69 Å². The highest BCUT2D eigenvalue weighted by atomic mass is 16.6. The van der Waals surface area contributed by atoms with Crippen molar-refractivity contribution >= 4 is 11.8 Å². The van der Waals surface area contributed by atoms with Gasteiger partial charge < -0.3 is 4.74 Å². The van der Waals surface area contributed by atoms with Crippen LogP contribution < -0.4 is 4.90 Å². The summed E-state index contributed by atoms with van der Waals surface area (Å²) in [6.07, 6.45) is 0.689. The number of carbonyl (C=O) groups is 1. The molecule has 3 heteroatoms. The first-order chi connectivity index (χ1) is 10.3. The molecule has 3 nitrogen and oxygen atoms in total. The molecule has 0 fully saturated rings. The van der Waals surface area contributed by atoms with Crippen LogP contribution in [0.15, 0.2) is 18.2 Å². The lowest BCUT2D eigenvalue weighted by Crippen LogP contribution is -2.43. The second-order valence-electron chi connectivity index (χ2n) is 9.25. The van der Waals surface area contributed by atoms with E-state index in [-0.39, 0.29) is 16.9 Å². The Labute approximate surface area is 141 Å². The van der Waals surface area contributed by atoms with Crippen LogP contribution in [0.5, 0.6) is 0 Å². The third-order valence-corrected chi connectivity index (χ3v) is 4.46. The molecule has 128 valence electrons. The van der Waals surface area contributed by atoms with Gasteiger partial charge in [0.1, 0.15) is 5.60 Å². The number of anilines is 1. The molecule has 1 aliphatic rings. The highest BCUT2D eigenvalue weighted by molar-refractivity contribution is 5.90. The second kappa shape index (κ2) is 5.54. The fourth-order valence-electron chi connectivity index (χ4n) is 2.95. The number of nitrogens with zero attached hydrogens (tertiary/aromatic N) is 1. The molecule has 0 aliphatic carbocycles. The van der Waals surface area contributed by atoms with E-state index in [1.54, 1.807) is 4.90 Å². The van der Waals surface area contributed by atoms with Gasteiger partial charge in [0.2, 0.25) is 0 Å². The molecule has 0 saturated heterocycles. The average Bonchev–Trinajstić information content (AvgIpc) is 2.34. The quantitative estimate of drug-likeness (QED) is 0.640. The normalized spacial score (nSPS) is 17.7. The van der Waals surface area contributed by atoms with Gasteiger partial charge in [-0.15, -0.1) is 0 Å². The van der Waals surface area contributed by atoms with Crippen molar-refractivity contribution in [2.24, 2.45) is 0 Å². The Morgan fingerprint density at radius 3 is 2.26 bits per heavy atom. The zero-order valence-corrected chi connectivity index (χ0v) is 15.9. The summed E-state index contributed by atoms with van der Waals surface area (Å²) in [6, 6.07) is 6.55. The molecule has 23 heavy (non-hydrogen) atoms.